The van der Waals surface area contributed by atoms with Gasteiger partial charge in [-0.1, -0.05) is 0 Å². The van der Waals surface area contributed by atoms with Gasteiger partial charge in [0.15, 0.2) is 0 Å². The third kappa shape index (κ3) is 1.09. The number of hydrogen-bond acceptors (Lipinski definition) is 4. The van der Waals surface area contributed by atoms with Gasteiger partial charge in [0.2, 0.25) is 0 Å². The van der Waals surface area contributed by atoms with Gasteiger partial charge in [-0.2, -0.15) is 10.4 Å². The fraction of sp³-hybridized carbons (Fsp3) is 0.444. The number of carboxylic acids is 1. The highest BCUT2D eigenvalue weighted by Crippen LogP contribution is 2.49. The number of nitriles is 1. The number of hydrogen-bond donors (Lipinski definition) is 2. The zero-order valence-corrected chi connectivity index (χ0v) is 8.19. The van der Waals surface area contributed by atoms with Crippen molar-refractivity contribution >= 4 is 11.8 Å². The minimum Gasteiger partial charge on any atom is -0.481 e. The molecule has 1 aromatic heterocycles. The summed E-state index contributed by atoms with van der Waals surface area (Å²) in [5, 5.41) is 22.0. The van der Waals surface area contributed by atoms with Crippen molar-refractivity contribution in [3.05, 3.63) is 11.3 Å². The van der Waals surface area contributed by atoms with Crippen molar-refractivity contribution in [3.63, 3.8) is 0 Å². The van der Waals surface area contributed by atoms with Crippen LogP contribution in [-0.2, 0) is 17.3 Å². The molecule has 0 radical (unpaired) electrons. The second-order valence-corrected chi connectivity index (χ2v) is 3.73. The van der Waals surface area contributed by atoms with E-state index in [0.29, 0.717) is 18.5 Å². The van der Waals surface area contributed by atoms with Gasteiger partial charge in [0.25, 0.3) is 0 Å². The summed E-state index contributed by atoms with van der Waals surface area (Å²) >= 11 is 0. The molecule has 0 spiro atoms. The molecule has 78 valence electrons. The number of carboxylic acid groups (broad SMARTS) is 1. The van der Waals surface area contributed by atoms with Crippen LogP contribution >= 0.6 is 0 Å². The molecular weight excluding hydrogens is 196 g/mol. The molecule has 2 rings (SSSR count). The summed E-state index contributed by atoms with van der Waals surface area (Å²) in [7, 11) is 1.59. The van der Waals surface area contributed by atoms with Gasteiger partial charge in [-0.25, -0.2) is 0 Å². The van der Waals surface area contributed by atoms with Gasteiger partial charge in [-0.05, 0) is 12.8 Å². The lowest BCUT2D eigenvalue weighted by Gasteiger charge is -2.05. The summed E-state index contributed by atoms with van der Waals surface area (Å²) in [5.41, 5.74) is 5.15. The molecule has 1 saturated carbocycles. The number of aromatic nitrogens is 2. The summed E-state index contributed by atoms with van der Waals surface area (Å²) in [6, 6.07) is 1.91. The van der Waals surface area contributed by atoms with Gasteiger partial charge < -0.3 is 10.8 Å². The Labute approximate surface area is 85.9 Å². The molecule has 0 amide bonds. The van der Waals surface area contributed by atoms with Crippen molar-refractivity contribution in [2.45, 2.75) is 18.3 Å². The summed E-state index contributed by atoms with van der Waals surface area (Å²) in [6.07, 6.45) is 1.04. The second-order valence-electron chi connectivity index (χ2n) is 3.73. The Balaban J connectivity index is 2.60. The van der Waals surface area contributed by atoms with Crippen molar-refractivity contribution in [1.29, 1.82) is 5.26 Å². The van der Waals surface area contributed by atoms with Crippen molar-refractivity contribution in [2.75, 3.05) is 5.73 Å². The molecule has 3 N–H and O–H groups in total. The number of rotatable bonds is 2. The van der Waals surface area contributed by atoms with E-state index < -0.39 is 11.4 Å². The molecule has 0 bridgehead atoms. The average Bonchev–Trinajstić information content (AvgIpc) is 2.93. The fourth-order valence-electron chi connectivity index (χ4n) is 1.66. The molecule has 0 unspecified atom stereocenters. The second kappa shape index (κ2) is 2.73. The van der Waals surface area contributed by atoms with E-state index in [1.165, 1.54) is 4.68 Å². The van der Waals surface area contributed by atoms with Crippen molar-refractivity contribution in [3.8, 4) is 6.07 Å². The van der Waals surface area contributed by atoms with Crippen LogP contribution in [-0.4, -0.2) is 20.9 Å². The van der Waals surface area contributed by atoms with Crippen LogP contribution in [0.15, 0.2) is 0 Å². The van der Waals surface area contributed by atoms with E-state index in [2.05, 4.69) is 5.10 Å². The van der Waals surface area contributed by atoms with Crippen LogP contribution in [0.4, 0.5) is 5.82 Å². The van der Waals surface area contributed by atoms with E-state index in [4.69, 9.17) is 16.1 Å². The molecule has 15 heavy (non-hydrogen) atoms. The lowest BCUT2D eigenvalue weighted by Crippen LogP contribution is -2.21. The molecule has 0 saturated heterocycles. The molecule has 0 atom stereocenters. The fourth-order valence-corrected chi connectivity index (χ4v) is 1.66. The molecule has 6 nitrogen and oxygen atoms in total. The molecule has 1 fully saturated rings. The number of nitrogens with two attached hydrogens (primary N) is 1. The molecular formula is C9H10N4O2. The Morgan fingerprint density at radius 3 is 2.73 bits per heavy atom. The predicted molar refractivity (Wildman–Crippen MR) is 50.9 cm³/mol. The molecule has 0 aliphatic heterocycles. The maximum atomic E-state index is 11.1. The van der Waals surface area contributed by atoms with Gasteiger partial charge in [0.1, 0.15) is 22.9 Å². The summed E-state index contributed by atoms with van der Waals surface area (Å²) < 4.78 is 1.34. The first-order valence-electron chi connectivity index (χ1n) is 4.49. The van der Waals surface area contributed by atoms with E-state index in [0.717, 1.165) is 0 Å². The Hall–Kier alpha value is -2.03. The molecule has 1 aliphatic rings. The van der Waals surface area contributed by atoms with E-state index in [-0.39, 0.29) is 11.4 Å². The quantitative estimate of drug-likeness (QED) is 0.708. The Bertz CT molecular complexity index is 479. The highest BCUT2D eigenvalue weighted by Gasteiger charge is 2.55. The topological polar surface area (TPSA) is 105 Å². The van der Waals surface area contributed by atoms with Gasteiger partial charge in [0.05, 0.1) is 5.69 Å². The monoisotopic (exact) mass is 206 g/mol. The predicted octanol–water partition coefficient (Wildman–Crippen LogP) is -0.00982. The first kappa shape index (κ1) is 9.52. The van der Waals surface area contributed by atoms with Gasteiger partial charge in [0, 0.05) is 7.05 Å². The Morgan fingerprint density at radius 1 is 1.73 bits per heavy atom. The molecule has 1 aromatic rings. The van der Waals surface area contributed by atoms with E-state index >= 15 is 0 Å². The standard InChI is InChI=1S/C9H10N4O2/c1-13-7(11)5(4-10)6(12-13)9(2-3-9)8(14)15/h2-3,11H2,1H3,(H,14,15). The van der Waals surface area contributed by atoms with Crippen molar-refractivity contribution in [2.24, 2.45) is 7.05 Å². The third-order valence-corrected chi connectivity index (χ3v) is 2.82. The van der Waals surface area contributed by atoms with Crippen LogP contribution in [0, 0.1) is 11.3 Å². The molecule has 0 aromatic carbocycles. The lowest BCUT2D eigenvalue weighted by molar-refractivity contribution is -0.140. The average molecular weight is 206 g/mol. The number of nitrogens with zero attached hydrogens (tertiary/aromatic N) is 3. The van der Waals surface area contributed by atoms with E-state index in [9.17, 15) is 4.79 Å². The summed E-state index contributed by atoms with van der Waals surface area (Å²) in [4.78, 5) is 11.1. The van der Waals surface area contributed by atoms with Crippen LogP contribution in [0.2, 0.25) is 0 Å². The normalized spacial score (nSPS) is 17.1. The maximum Gasteiger partial charge on any atom is 0.315 e. The van der Waals surface area contributed by atoms with E-state index in [1.807, 2.05) is 6.07 Å². The SMILES string of the molecule is Cn1nc(C2(C(=O)O)CC2)c(C#N)c1N. The Kier molecular flexibility index (Phi) is 1.73. The minimum absolute atomic E-state index is 0.192. The van der Waals surface area contributed by atoms with Gasteiger partial charge in [-0.15, -0.1) is 0 Å². The van der Waals surface area contributed by atoms with Crippen molar-refractivity contribution < 1.29 is 9.90 Å². The van der Waals surface area contributed by atoms with Crippen LogP contribution in [0.5, 0.6) is 0 Å². The lowest BCUT2D eigenvalue weighted by atomic mass is 9.99. The zero-order valence-electron chi connectivity index (χ0n) is 8.19. The molecule has 1 heterocycles. The first-order valence-corrected chi connectivity index (χ1v) is 4.49. The third-order valence-electron chi connectivity index (χ3n) is 2.82. The van der Waals surface area contributed by atoms with Crippen LogP contribution in [0.1, 0.15) is 24.1 Å². The Morgan fingerprint density at radius 2 is 2.33 bits per heavy atom. The zero-order chi connectivity index (χ0) is 11.2. The highest BCUT2D eigenvalue weighted by atomic mass is 16.4. The maximum absolute atomic E-state index is 11.1. The number of carbonyl (C=O) groups is 1. The van der Waals surface area contributed by atoms with Crippen LogP contribution in [0.25, 0.3) is 0 Å². The number of anilines is 1. The summed E-state index contributed by atoms with van der Waals surface area (Å²) in [5.74, 6) is -0.711. The molecule has 6 heteroatoms. The van der Waals surface area contributed by atoms with Crippen molar-refractivity contribution in [1.82, 2.24) is 9.78 Å². The number of aryl methyl sites for hydroxylation is 1. The first-order chi connectivity index (χ1) is 7.03. The van der Waals surface area contributed by atoms with Gasteiger partial charge >= 0.3 is 5.97 Å². The highest BCUT2D eigenvalue weighted by molar-refractivity contribution is 5.85. The van der Waals surface area contributed by atoms with Gasteiger partial charge in [-0.3, -0.25) is 9.48 Å². The number of aliphatic carboxylic acids is 1. The summed E-state index contributed by atoms with van der Waals surface area (Å²) in [6.45, 7) is 0. The smallest absolute Gasteiger partial charge is 0.315 e. The van der Waals surface area contributed by atoms with Crippen LogP contribution in [0.3, 0.4) is 0 Å². The molecule has 1 aliphatic carbocycles. The van der Waals surface area contributed by atoms with Crippen LogP contribution < -0.4 is 5.73 Å². The van der Waals surface area contributed by atoms with E-state index in [1.54, 1.807) is 7.05 Å². The largest absolute Gasteiger partial charge is 0.481 e. The minimum atomic E-state index is -0.972. The number of nitrogen functional groups attached to an aromatic ring is 1.